The van der Waals surface area contributed by atoms with E-state index >= 15 is 0 Å². The van der Waals surface area contributed by atoms with E-state index in [2.05, 4.69) is 0 Å². The molecule has 0 spiro atoms. The van der Waals surface area contributed by atoms with Gasteiger partial charge in [-0.05, 0) is 48.7 Å². The summed E-state index contributed by atoms with van der Waals surface area (Å²) in [6, 6.07) is 6.51. The Morgan fingerprint density at radius 2 is 1.61 bits per heavy atom. The van der Waals surface area contributed by atoms with Crippen LogP contribution in [-0.4, -0.2) is 52.4 Å². The van der Waals surface area contributed by atoms with Crippen molar-refractivity contribution in [3.05, 3.63) is 62.5 Å². The van der Waals surface area contributed by atoms with Crippen LogP contribution in [0.1, 0.15) is 38.9 Å². The molecule has 8 heteroatoms. The lowest BCUT2D eigenvalue weighted by Gasteiger charge is -2.26. The average Bonchev–Trinajstić information content (AvgIpc) is 3.07. The number of carbonyl (C=O) groups excluding carboxylic acids is 1. The van der Waals surface area contributed by atoms with Crippen molar-refractivity contribution in [3.63, 3.8) is 0 Å². The minimum Gasteiger partial charge on any atom is -0.493 e. The molecule has 1 aliphatic heterocycles. The monoisotopic (exact) mass is 453 g/mol. The molecule has 0 N–H and O–H groups in total. The third-order valence-electron chi connectivity index (χ3n) is 5.95. The lowest BCUT2D eigenvalue weighted by Crippen LogP contribution is -2.32. The Labute approximate surface area is 191 Å². The molecule has 2 heterocycles. The number of methoxy groups -OCH3 is 4. The minimum absolute atomic E-state index is 0.0485. The van der Waals surface area contributed by atoms with Crippen LogP contribution < -0.4 is 19.6 Å². The van der Waals surface area contributed by atoms with Crippen molar-refractivity contribution in [1.29, 1.82) is 0 Å². The molecule has 174 valence electrons. The fourth-order valence-corrected chi connectivity index (χ4v) is 4.54. The normalized spacial score (nSPS) is 15.2. The van der Waals surface area contributed by atoms with Gasteiger partial charge in [0.25, 0.3) is 5.91 Å². The molecule has 33 heavy (non-hydrogen) atoms. The molecule has 0 radical (unpaired) electrons. The Morgan fingerprint density at radius 3 is 2.18 bits per heavy atom. The fourth-order valence-electron chi connectivity index (χ4n) is 4.54. The maximum atomic E-state index is 13.8. The summed E-state index contributed by atoms with van der Waals surface area (Å²) in [6.07, 6.45) is 0. The number of aryl methyl sites for hydroxylation is 2. The molecule has 1 amide bonds. The molecule has 2 aromatic carbocycles. The summed E-state index contributed by atoms with van der Waals surface area (Å²) in [7, 11) is 6.12. The van der Waals surface area contributed by atoms with Gasteiger partial charge in [-0.25, -0.2) is 0 Å². The summed E-state index contributed by atoms with van der Waals surface area (Å²) in [6.45, 7) is 4.36. The number of ether oxygens (including phenoxy) is 4. The van der Waals surface area contributed by atoms with Gasteiger partial charge in [-0.1, -0.05) is 6.07 Å². The first kappa shape index (κ1) is 22.7. The van der Waals surface area contributed by atoms with E-state index in [0.717, 1.165) is 11.1 Å². The van der Waals surface area contributed by atoms with Gasteiger partial charge in [0.15, 0.2) is 16.9 Å². The van der Waals surface area contributed by atoms with Crippen LogP contribution in [0.5, 0.6) is 17.2 Å². The molecule has 0 bridgehead atoms. The summed E-state index contributed by atoms with van der Waals surface area (Å²) in [5, 5.41) is 0.471. The van der Waals surface area contributed by atoms with Gasteiger partial charge in [-0.3, -0.25) is 9.59 Å². The van der Waals surface area contributed by atoms with Crippen molar-refractivity contribution >= 4 is 16.9 Å². The van der Waals surface area contributed by atoms with Crippen LogP contribution in [0.15, 0.2) is 33.5 Å². The Bertz CT molecular complexity index is 1270. The third kappa shape index (κ3) is 3.60. The Hall–Kier alpha value is -3.52. The van der Waals surface area contributed by atoms with E-state index in [9.17, 15) is 9.59 Å². The second-order valence-electron chi connectivity index (χ2n) is 7.98. The largest absolute Gasteiger partial charge is 0.493 e. The SMILES string of the molecule is COCCN1C(=O)c2oc3cc(C)cc(C)c3c(=O)c2C1c1cc(OC)c(OC)c(OC)c1. The highest BCUT2D eigenvalue weighted by Gasteiger charge is 2.43. The van der Waals surface area contributed by atoms with Gasteiger partial charge >= 0.3 is 0 Å². The fraction of sp³-hybridized carbons (Fsp3) is 0.360. The van der Waals surface area contributed by atoms with E-state index in [1.807, 2.05) is 19.9 Å². The summed E-state index contributed by atoms with van der Waals surface area (Å²) in [4.78, 5) is 28.8. The lowest BCUT2D eigenvalue weighted by molar-refractivity contribution is 0.0662. The third-order valence-corrected chi connectivity index (χ3v) is 5.95. The molecule has 8 nitrogen and oxygen atoms in total. The first-order valence-corrected chi connectivity index (χ1v) is 10.5. The number of carbonyl (C=O) groups is 1. The molecule has 1 atom stereocenters. The van der Waals surface area contributed by atoms with Gasteiger partial charge in [0.2, 0.25) is 11.5 Å². The van der Waals surface area contributed by atoms with Crippen LogP contribution in [0.3, 0.4) is 0 Å². The highest BCUT2D eigenvalue weighted by molar-refractivity contribution is 5.99. The first-order valence-electron chi connectivity index (χ1n) is 10.5. The van der Waals surface area contributed by atoms with Crippen LogP contribution in [0.2, 0.25) is 0 Å². The van der Waals surface area contributed by atoms with Gasteiger partial charge in [0, 0.05) is 13.7 Å². The van der Waals surface area contributed by atoms with Crippen molar-refractivity contribution in [2.75, 3.05) is 41.6 Å². The molecule has 0 saturated carbocycles. The van der Waals surface area contributed by atoms with Gasteiger partial charge in [-0.15, -0.1) is 0 Å². The van der Waals surface area contributed by atoms with E-state index < -0.39 is 6.04 Å². The van der Waals surface area contributed by atoms with Gasteiger partial charge in [0.05, 0.1) is 44.9 Å². The Kier molecular flexibility index (Phi) is 6.03. The van der Waals surface area contributed by atoms with E-state index in [1.165, 1.54) is 21.3 Å². The molecule has 4 rings (SSSR count). The van der Waals surface area contributed by atoms with Crippen molar-refractivity contribution in [3.8, 4) is 17.2 Å². The highest BCUT2D eigenvalue weighted by atomic mass is 16.5. The summed E-state index contributed by atoms with van der Waals surface area (Å²) in [5.74, 6) is 0.966. The van der Waals surface area contributed by atoms with E-state index in [-0.39, 0.29) is 23.6 Å². The number of amides is 1. The number of rotatable bonds is 7. The summed E-state index contributed by atoms with van der Waals surface area (Å²) < 4.78 is 27.7. The lowest BCUT2D eigenvalue weighted by atomic mass is 9.96. The Morgan fingerprint density at radius 1 is 0.939 bits per heavy atom. The number of benzene rings is 2. The van der Waals surface area contributed by atoms with Crippen molar-refractivity contribution in [2.24, 2.45) is 0 Å². The van der Waals surface area contributed by atoms with Crippen molar-refractivity contribution in [2.45, 2.75) is 19.9 Å². The summed E-state index contributed by atoms with van der Waals surface area (Å²) >= 11 is 0. The predicted octanol–water partition coefficient (Wildman–Crippen LogP) is 3.63. The van der Waals surface area contributed by atoms with E-state index in [0.29, 0.717) is 46.0 Å². The standard InChI is InChI=1S/C25H27NO7/c1-13-9-14(2)19-16(10-13)33-24-20(22(19)27)21(26(25(24)28)7-8-29-3)15-11-17(30-4)23(32-6)18(12-15)31-5/h9-12,21H,7-8H2,1-6H3. The molecule has 1 unspecified atom stereocenters. The van der Waals surface area contributed by atoms with Crippen LogP contribution >= 0.6 is 0 Å². The second kappa shape index (κ2) is 8.78. The van der Waals surface area contributed by atoms with E-state index in [4.69, 9.17) is 23.4 Å². The predicted molar refractivity (Wildman–Crippen MR) is 123 cm³/mol. The molecule has 1 aromatic heterocycles. The molecule has 0 aliphatic carbocycles. The Balaban J connectivity index is 2.03. The van der Waals surface area contributed by atoms with Crippen LogP contribution in [-0.2, 0) is 4.74 Å². The molecular weight excluding hydrogens is 426 g/mol. The topological polar surface area (TPSA) is 87.4 Å². The molecule has 3 aromatic rings. The quantitative estimate of drug-likeness (QED) is 0.540. The number of hydrogen-bond donors (Lipinski definition) is 0. The minimum atomic E-state index is -0.697. The number of nitrogens with zero attached hydrogens (tertiary/aromatic N) is 1. The van der Waals surface area contributed by atoms with Gasteiger partial charge in [-0.2, -0.15) is 0 Å². The maximum Gasteiger partial charge on any atom is 0.290 e. The molecule has 1 aliphatic rings. The first-order chi connectivity index (χ1) is 15.9. The van der Waals surface area contributed by atoms with Crippen molar-refractivity contribution in [1.82, 2.24) is 4.90 Å². The van der Waals surface area contributed by atoms with Crippen LogP contribution in [0, 0.1) is 13.8 Å². The highest BCUT2D eigenvalue weighted by Crippen LogP contribution is 2.45. The molecule has 0 saturated heterocycles. The zero-order valence-electron chi connectivity index (χ0n) is 19.6. The summed E-state index contributed by atoms with van der Waals surface area (Å²) in [5.41, 5.74) is 2.87. The maximum absolute atomic E-state index is 13.8. The van der Waals surface area contributed by atoms with Crippen molar-refractivity contribution < 1.29 is 28.2 Å². The smallest absolute Gasteiger partial charge is 0.290 e. The van der Waals surface area contributed by atoms with Crippen LogP contribution in [0.4, 0.5) is 0 Å². The van der Waals surface area contributed by atoms with Crippen LogP contribution in [0.25, 0.3) is 11.0 Å². The second-order valence-corrected chi connectivity index (χ2v) is 7.98. The molecular formula is C25H27NO7. The zero-order chi connectivity index (χ0) is 23.9. The average molecular weight is 453 g/mol. The van der Waals surface area contributed by atoms with E-state index in [1.54, 1.807) is 30.2 Å². The van der Waals surface area contributed by atoms with Gasteiger partial charge < -0.3 is 28.3 Å². The number of hydrogen-bond acceptors (Lipinski definition) is 7. The van der Waals surface area contributed by atoms with Gasteiger partial charge in [0.1, 0.15) is 5.58 Å². The zero-order valence-corrected chi connectivity index (χ0v) is 19.6. The number of fused-ring (bicyclic) bond motifs is 2. The molecule has 0 fully saturated rings.